The molecule has 1 aromatic heterocycles. The molecule has 0 saturated carbocycles. The van der Waals surface area contributed by atoms with Crippen LogP contribution in [0.1, 0.15) is 11.3 Å². The molecule has 25 heavy (non-hydrogen) atoms. The molecule has 0 aliphatic heterocycles. The highest BCUT2D eigenvalue weighted by molar-refractivity contribution is 7.89. The van der Waals surface area contributed by atoms with Crippen LogP contribution in [0.2, 0.25) is 0 Å². The van der Waals surface area contributed by atoms with Gasteiger partial charge in [-0.25, -0.2) is 8.42 Å². The van der Waals surface area contributed by atoms with Gasteiger partial charge in [0.25, 0.3) is 0 Å². The predicted octanol–water partition coefficient (Wildman–Crippen LogP) is 2.88. The van der Waals surface area contributed by atoms with Crippen molar-refractivity contribution in [3.05, 3.63) is 65.9 Å². The summed E-state index contributed by atoms with van der Waals surface area (Å²) in [6.07, 6.45) is -0.353. The largest absolute Gasteiger partial charge is 0.481 e. The van der Waals surface area contributed by atoms with Gasteiger partial charge in [0.15, 0.2) is 0 Å². The van der Waals surface area contributed by atoms with Crippen molar-refractivity contribution < 1.29 is 22.7 Å². The van der Waals surface area contributed by atoms with E-state index in [1.807, 2.05) is 24.3 Å². The fourth-order valence-corrected chi connectivity index (χ4v) is 4.01. The lowest BCUT2D eigenvalue weighted by Gasteiger charge is -2.18. The monoisotopic (exact) mass is 359 g/mol. The highest BCUT2D eigenvalue weighted by Gasteiger charge is 2.25. The van der Waals surface area contributed by atoms with Gasteiger partial charge in [0.2, 0.25) is 10.0 Å². The number of hydrogen-bond donors (Lipinski definition) is 1. The van der Waals surface area contributed by atoms with Crippen LogP contribution in [0.3, 0.4) is 0 Å². The maximum Gasteiger partial charge on any atom is 0.307 e. The zero-order valence-electron chi connectivity index (χ0n) is 13.5. The second-order valence-corrected chi connectivity index (χ2v) is 7.70. The van der Waals surface area contributed by atoms with Crippen molar-refractivity contribution >= 4 is 27.0 Å². The molecule has 6 nitrogen and oxygen atoms in total. The van der Waals surface area contributed by atoms with Gasteiger partial charge in [-0.1, -0.05) is 36.4 Å². The Hall–Kier alpha value is -2.64. The van der Waals surface area contributed by atoms with Crippen LogP contribution in [-0.2, 0) is 27.8 Å². The van der Waals surface area contributed by atoms with Crippen molar-refractivity contribution in [2.45, 2.75) is 17.9 Å². The second kappa shape index (κ2) is 6.70. The zero-order chi connectivity index (χ0) is 18.0. The molecule has 0 saturated heterocycles. The summed E-state index contributed by atoms with van der Waals surface area (Å²) in [5.41, 5.74) is 0.945. The first-order chi connectivity index (χ1) is 11.9. The number of carboxylic acids is 1. The van der Waals surface area contributed by atoms with Crippen LogP contribution in [0, 0.1) is 0 Å². The molecule has 0 aliphatic rings. The average Bonchev–Trinajstić information content (AvgIpc) is 2.96. The minimum Gasteiger partial charge on any atom is -0.481 e. The summed E-state index contributed by atoms with van der Waals surface area (Å²) in [5.74, 6) is -0.564. The molecular formula is C18H17NO5S. The number of para-hydroxylation sites is 1. The smallest absolute Gasteiger partial charge is 0.307 e. The summed E-state index contributed by atoms with van der Waals surface area (Å²) in [4.78, 5) is 11.0. The van der Waals surface area contributed by atoms with E-state index in [9.17, 15) is 13.2 Å². The third-order valence-corrected chi connectivity index (χ3v) is 5.76. The summed E-state index contributed by atoms with van der Waals surface area (Å²) in [6, 6.07) is 15.4. The summed E-state index contributed by atoms with van der Waals surface area (Å²) in [7, 11) is -2.40. The normalized spacial score (nSPS) is 11.9. The van der Waals surface area contributed by atoms with E-state index in [0.29, 0.717) is 11.3 Å². The predicted molar refractivity (Wildman–Crippen MR) is 92.6 cm³/mol. The van der Waals surface area contributed by atoms with E-state index in [1.54, 1.807) is 18.2 Å². The zero-order valence-corrected chi connectivity index (χ0v) is 14.4. The van der Waals surface area contributed by atoms with Crippen LogP contribution in [0.25, 0.3) is 11.0 Å². The topological polar surface area (TPSA) is 87.8 Å². The van der Waals surface area contributed by atoms with Crippen LogP contribution >= 0.6 is 0 Å². The van der Waals surface area contributed by atoms with Gasteiger partial charge in [-0.2, -0.15) is 4.31 Å². The number of furan rings is 1. The van der Waals surface area contributed by atoms with Gasteiger partial charge >= 0.3 is 5.97 Å². The molecule has 1 N–H and O–H groups in total. The Morgan fingerprint density at radius 3 is 2.52 bits per heavy atom. The van der Waals surface area contributed by atoms with Crippen molar-refractivity contribution in [2.24, 2.45) is 0 Å². The van der Waals surface area contributed by atoms with Crippen LogP contribution in [0.15, 0.2) is 63.9 Å². The molecule has 1 heterocycles. The van der Waals surface area contributed by atoms with E-state index in [0.717, 1.165) is 9.69 Å². The molecule has 3 aromatic rings. The summed E-state index contributed by atoms with van der Waals surface area (Å²) in [6.45, 7) is 0.0540. The Kier molecular flexibility index (Phi) is 4.61. The summed E-state index contributed by atoms with van der Waals surface area (Å²) >= 11 is 0. The first-order valence-corrected chi connectivity index (χ1v) is 9.05. The quantitative estimate of drug-likeness (QED) is 0.731. The van der Waals surface area contributed by atoms with E-state index in [1.165, 1.54) is 19.2 Å². The Labute approximate surface area is 145 Å². The Morgan fingerprint density at radius 2 is 1.80 bits per heavy atom. The SMILES string of the molecule is CN(Cc1cc2ccccc2o1)S(=O)(=O)c1ccccc1CC(=O)O. The lowest BCUT2D eigenvalue weighted by Crippen LogP contribution is -2.27. The maximum absolute atomic E-state index is 12.8. The highest BCUT2D eigenvalue weighted by atomic mass is 32.2. The maximum atomic E-state index is 12.8. The molecule has 0 fully saturated rings. The second-order valence-electron chi connectivity index (χ2n) is 5.69. The van der Waals surface area contributed by atoms with Crippen LogP contribution in [0.4, 0.5) is 0 Å². The van der Waals surface area contributed by atoms with Gasteiger partial charge in [-0.05, 0) is 23.8 Å². The standard InChI is InChI=1S/C18H17NO5S/c1-19(12-15-10-13-6-2-4-8-16(13)24-15)25(22,23)17-9-5-3-7-14(17)11-18(20)21/h2-10H,11-12H2,1H3,(H,20,21). The van der Waals surface area contributed by atoms with Crippen LogP contribution in [0.5, 0.6) is 0 Å². The molecule has 130 valence electrons. The van der Waals surface area contributed by atoms with Crippen molar-refractivity contribution in [1.82, 2.24) is 4.31 Å². The van der Waals surface area contributed by atoms with E-state index in [2.05, 4.69) is 0 Å². The van der Waals surface area contributed by atoms with Gasteiger partial charge in [-0.3, -0.25) is 4.79 Å². The Morgan fingerprint density at radius 1 is 1.12 bits per heavy atom. The summed E-state index contributed by atoms with van der Waals surface area (Å²) < 4.78 is 32.5. The molecular weight excluding hydrogens is 342 g/mol. The molecule has 0 bridgehead atoms. The Balaban J connectivity index is 1.90. The summed E-state index contributed by atoms with van der Waals surface area (Å²) in [5, 5.41) is 9.89. The van der Waals surface area contributed by atoms with E-state index < -0.39 is 16.0 Å². The highest BCUT2D eigenvalue weighted by Crippen LogP contribution is 2.24. The number of fused-ring (bicyclic) bond motifs is 1. The van der Waals surface area contributed by atoms with Gasteiger partial charge in [0, 0.05) is 12.4 Å². The van der Waals surface area contributed by atoms with Crippen LogP contribution < -0.4 is 0 Å². The third kappa shape index (κ3) is 3.57. The van der Waals surface area contributed by atoms with Crippen molar-refractivity contribution in [2.75, 3.05) is 7.05 Å². The van der Waals surface area contributed by atoms with Crippen molar-refractivity contribution in [1.29, 1.82) is 0 Å². The number of sulfonamides is 1. The van der Waals surface area contributed by atoms with E-state index in [-0.39, 0.29) is 23.4 Å². The van der Waals surface area contributed by atoms with Crippen molar-refractivity contribution in [3.63, 3.8) is 0 Å². The molecule has 0 spiro atoms. The number of nitrogens with zero attached hydrogens (tertiary/aromatic N) is 1. The minimum absolute atomic E-state index is 0.00369. The fraction of sp³-hybridized carbons (Fsp3) is 0.167. The number of rotatable bonds is 6. The number of carbonyl (C=O) groups is 1. The van der Waals surface area contributed by atoms with Gasteiger partial charge in [-0.15, -0.1) is 0 Å². The van der Waals surface area contributed by atoms with E-state index in [4.69, 9.17) is 9.52 Å². The number of carboxylic acid groups (broad SMARTS) is 1. The third-order valence-electron chi connectivity index (χ3n) is 3.86. The molecule has 0 atom stereocenters. The number of benzene rings is 2. The van der Waals surface area contributed by atoms with Crippen molar-refractivity contribution in [3.8, 4) is 0 Å². The number of hydrogen-bond acceptors (Lipinski definition) is 4. The van der Waals surface area contributed by atoms with Gasteiger partial charge < -0.3 is 9.52 Å². The lowest BCUT2D eigenvalue weighted by molar-refractivity contribution is -0.136. The molecule has 0 amide bonds. The van der Waals surface area contributed by atoms with Gasteiger partial charge in [0.1, 0.15) is 11.3 Å². The molecule has 0 aliphatic carbocycles. The van der Waals surface area contributed by atoms with E-state index >= 15 is 0 Å². The minimum atomic E-state index is -3.84. The molecule has 2 aromatic carbocycles. The first-order valence-electron chi connectivity index (χ1n) is 7.61. The molecule has 0 unspecified atom stereocenters. The molecule has 0 radical (unpaired) electrons. The Bertz CT molecular complexity index is 990. The molecule has 3 rings (SSSR count). The first kappa shape index (κ1) is 17.2. The lowest BCUT2D eigenvalue weighted by atomic mass is 10.1. The van der Waals surface area contributed by atoms with Crippen LogP contribution in [-0.4, -0.2) is 30.8 Å². The molecule has 7 heteroatoms. The fourth-order valence-electron chi connectivity index (χ4n) is 2.65. The number of aliphatic carboxylic acids is 1. The van der Waals surface area contributed by atoms with Gasteiger partial charge in [0.05, 0.1) is 17.9 Å². The average molecular weight is 359 g/mol.